The SMILES string of the molecule is [C-]#[N+]c1cccc(-c2nc(N)n3nc(Cc4ncccc4C)nc3c2Br)c1. The van der Waals surface area contributed by atoms with Gasteiger partial charge >= 0.3 is 0 Å². The Hall–Kier alpha value is -3.31. The van der Waals surface area contributed by atoms with Gasteiger partial charge in [-0.05, 0) is 46.1 Å². The van der Waals surface area contributed by atoms with E-state index in [0.717, 1.165) is 16.8 Å². The van der Waals surface area contributed by atoms with Crippen LogP contribution in [-0.4, -0.2) is 24.6 Å². The van der Waals surface area contributed by atoms with Crippen LogP contribution < -0.4 is 5.73 Å². The van der Waals surface area contributed by atoms with Gasteiger partial charge in [-0.15, -0.1) is 5.10 Å². The van der Waals surface area contributed by atoms with Crippen molar-refractivity contribution < 1.29 is 0 Å². The zero-order valence-corrected chi connectivity index (χ0v) is 16.0. The van der Waals surface area contributed by atoms with Crippen LogP contribution in [-0.2, 0) is 6.42 Å². The highest BCUT2D eigenvalue weighted by atomic mass is 79.9. The van der Waals surface area contributed by atoms with Gasteiger partial charge in [-0.3, -0.25) is 4.98 Å². The van der Waals surface area contributed by atoms with Crippen LogP contribution >= 0.6 is 15.9 Å². The predicted octanol–water partition coefficient (Wildman–Crippen LogP) is 3.98. The van der Waals surface area contributed by atoms with Crippen LogP contribution in [0.3, 0.4) is 0 Å². The lowest BCUT2D eigenvalue weighted by Gasteiger charge is -2.07. The minimum absolute atomic E-state index is 0.230. The molecule has 0 aliphatic heterocycles. The molecular weight excluding hydrogens is 406 g/mol. The lowest BCUT2D eigenvalue weighted by Crippen LogP contribution is -2.04. The molecule has 1 aromatic carbocycles. The molecule has 0 aliphatic carbocycles. The van der Waals surface area contributed by atoms with Crippen molar-refractivity contribution in [2.75, 3.05) is 5.73 Å². The third-order valence-corrected chi connectivity index (χ3v) is 4.92. The number of halogens is 1. The van der Waals surface area contributed by atoms with Crippen molar-refractivity contribution in [3.8, 4) is 11.3 Å². The van der Waals surface area contributed by atoms with E-state index < -0.39 is 0 Å². The Labute approximate surface area is 163 Å². The second-order valence-corrected chi connectivity index (χ2v) is 6.79. The molecule has 2 N–H and O–H groups in total. The molecule has 0 atom stereocenters. The summed E-state index contributed by atoms with van der Waals surface area (Å²) in [5.41, 5.74) is 10.6. The fourth-order valence-electron chi connectivity index (χ4n) is 2.82. The molecule has 8 heteroatoms. The van der Waals surface area contributed by atoms with Gasteiger partial charge in [-0.25, -0.2) is 14.8 Å². The molecule has 0 spiro atoms. The molecule has 0 saturated heterocycles. The number of aromatic nitrogens is 5. The fourth-order valence-corrected chi connectivity index (χ4v) is 3.39. The van der Waals surface area contributed by atoms with Crippen LogP contribution in [0.1, 0.15) is 17.1 Å². The second-order valence-electron chi connectivity index (χ2n) is 6.00. The summed E-state index contributed by atoms with van der Waals surface area (Å²) in [5.74, 6) is 0.839. The average Bonchev–Trinajstić information content (AvgIpc) is 3.11. The summed E-state index contributed by atoms with van der Waals surface area (Å²) >= 11 is 3.58. The number of hydrogen-bond acceptors (Lipinski definition) is 5. The molecule has 0 fully saturated rings. The Morgan fingerprint density at radius 3 is 2.85 bits per heavy atom. The number of fused-ring (bicyclic) bond motifs is 1. The third-order valence-electron chi connectivity index (χ3n) is 4.19. The molecule has 0 amide bonds. The highest BCUT2D eigenvalue weighted by molar-refractivity contribution is 9.10. The number of pyridine rings is 1. The summed E-state index contributed by atoms with van der Waals surface area (Å²) < 4.78 is 2.19. The van der Waals surface area contributed by atoms with Gasteiger partial charge in [0.25, 0.3) is 0 Å². The zero-order valence-electron chi connectivity index (χ0n) is 14.4. The minimum Gasteiger partial charge on any atom is -0.368 e. The fraction of sp³-hybridized carbons (Fsp3) is 0.105. The van der Waals surface area contributed by atoms with E-state index in [1.165, 1.54) is 4.52 Å². The Morgan fingerprint density at radius 1 is 1.22 bits per heavy atom. The van der Waals surface area contributed by atoms with Crippen molar-refractivity contribution in [1.82, 2.24) is 24.6 Å². The lowest BCUT2D eigenvalue weighted by atomic mass is 10.1. The van der Waals surface area contributed by atoms with Crippen molar-refractivity contribution >= 4 is 33.2 Å². The van der Waals surface area contributed by atoms with Crippen molar-refractivity contribution in [3.63, 3.8) is 0 Å². The first-order valence-corrected chi connectivity index (χ1v) is 8.95. The number of aryl methyl sites for hydroxylation is 1. The number of hydrogen-bond donors (Lipinski definition) is 1. The Balaban J connectivity index is 1.82. The number of nitrogens with two attached hydrogens (primary N) is 1. The molecular formula is C19H14BrN7. The summed E-state index contributed by atoms with van der Waals surface area (Å²) in [6, 6.07) is 11.1. The molecule has 3 heterocycles. The summed E-state index contributed by atoms with van der Waals surface area (Å²) in [4.78, 5) is 16.9. The highest BCUT2D eigenvalue weighted by Gasteiger charge is 2.17. The summed E-state index contributed by atoms with van der Waals surface area (Å²) in [6.07, 6.45) is 2.26. The van der Waals surface area contributed by atoms with Crippen LogP contribution in [0.5, 0.6) is 0 Å². The van der Waals surface area contributed by atoms with E-state index in [4.69, 9.17) is 12.3 Å². The van der Waals surface area contributed by atoms with Gasteiger partial charge < -0.3 is 5.73 Å². The predicted molar refractivity (Wildman–Crippen MR) is 106 cm³/mol. The van der Waals surface area contributed by atoms with E-state index in [1.807, 2.05) is 31.2 Å². The first-order valence-electron chi connectivity index (χ1n) is 8.16. The maximum atomic E-state index is 7.19. The molecule has 4 rings (SSSR count). The van der Waals surface area contributed by atoms with Crippen molar-refractivity contribution in [3.05, 3.63) is 75.6 Å². The van der Waals surface area contributed by atoms with Gasteiger partial charge in [0.15, 0.2) is 17.2 Å². The molecule has 0 radical (unpaired) electrons. The molecule has 7 nitrogen and oxygen atoms in total. The molecule has 0 aliphatic rings. The molecule has 0 unspecified atom stereocenters. The molecule has 27 heavy (non-hydrogen) atoms. The van der Waals surface area contributed by atoms with Crippen LogP contribution in [0, 0.1) is 13.5 Å². The van der Waals surface area contributed by atoms with Crippen molar-refractivity contribution in [1.29, 1.82) is 0 Å². The topological polar surface area (TPSA) is 86.3 Å². The number of benzene rings is 1. The quantitative estimate of drug-likeness (QED) is 0.507. The van der Waals surface area contributed by atoms with Gasteiger partial charge in [0.05, 0.1) is 28.9 Å². The van der Waals surface area contributed by atoms with Gasteiger partial charge in [-0.1, -0.05) is 24.3 Å². The summed E-state index contributed by atoms with van der Waals surface area (Å²) in [5, 5.41) is 4.48. The van der Waals surface area contributed by atoms with E-state index in [1.54, 1.807) is 18.3 Å². The van der Waals surface area contributed by atoms with E-state index in [-0.39, 0.29) is 5.95 Å². The van der Waals surface area contributed by atoms with Gasteiger partial charge in [0.1, 0.15) is 0 Å². The smallest absolute Gasteiger partial charge is 0.223 e. The molecule has 3 aromatic heterocycles. The Bertz CT molecular complexity index is 1210. The standard InChI is InChI=1S/C19H14BrN7/c1-11-5-4-8-23-14(11)10-15-24-18-16(20)17(25-19(21)27(18)26-15)12-6-3-7-13(9-12)22-2/h3-9H,10H2,1H3,(H2,21,25). The first kappa shape index (κ1) is 17.1. The number of anilines is 1. The number of nitrogens with zero attached hydrogens (tertiary/aromatic N) is 6. The molecule has 0 bridgehead atoms. The van der Waals surface area contributed by atoms with Gasteiger partial charge in [0, 0.05) is 6.20 Å². The third kappa shape index (κ3) is 3.13. The number of nitrogen functional groups attached to an aromatic ring is 1. The maximum Gasteiger partial charge on any atom is 0.223 e. The van der Waals surface area contributed by atoms with E-state index in [9.17, 15) is 0 Å². The van der Waals surface area contributed by atoms with Crippen molar-refractivity contribution in [2.24, 2.45) is 0 Å². The van der Waals surface area contributed by atoms with Crippen LogP contribution in [0.4, 0.5) is 11.6 Å². The summed E-state index contributed by atoms with van der Waals surface area (Å²) in [7, 11) is 0. The van der Waals surface area contributed by atoms with E-state index >= 15 is 0 Å². The maximum absolute atomic E-state index is 7.19. The van der Waals surface area contributed by atoms with Gasteiger partial charge in [-0.2, -0.15) is 4.52 Å². The summed E-state index contributed by atoms with van der Waals surface area (Å²) in [6.45, 7) is 9.20. The highest BCUT2D eigenvalue weighted by Crippen LogP contribution is 2.32. The molecule has 0 saturated carbocycles. The van der Waals surface area contributed by atoms with Crippen LogP contribution in [0.15, 0.2) is 47.1 Å². The second kappa shape index (κ2) is 6.78. The van der Waals surface area contributed by atoms with E-state index in [2.05, 4.69) is 40.8 Å². The largest absolute Gasteiger partial charge is 0.368 e. The van der Waals surface area contributed by atoms with Crippen LogP contribution in [0.25, 0.3) is 21.7 Å². The lowest BCUT2D eigenvalue weighted by molar-refractivity contribution is 0.874. The van der Waals surface area contributed by atoms with E-state index in [0.29, 0.717) is 33.7 Å². The van der Waals surface area contributed by atoms with Crippen molar-refractivity contribution in [2.45, 2.75) is 13.3 Å². The Kier molecular flexibility index (Phi) is 4.30. The molecule has 132 valence electrons. The number of rotatable bonds is 3. The minimum atomic E-state index is 0.230. The zero-order chi connectivity index (χ0) is 19.0. The average molecular weight is 420 g/mol. The first-order chi connectivity index (χ1) is 13.1. The monoisotopic (exact) mass is 419 g/mol. The normalized spacial score (nSPS) is 10.9. The molecule has 4 aromatic rings. The Morgan fingerprint density at radius 2 is 2.07 bits per heavy atom. The van der Waals surface area contributed by atoms with Crippen LogP contribution in [0.2, 0.25) is 0 Å². The van der Waals surface area contributed by atoms with Gasteiger partial charge in [0.2, 0.25) is 5.95 Å².